The fraction of sp³-hybridized carbons (Fsp3) is 0.857. The van der Waals surface area contributed by atoms with Crippen molar-refractivity contribution < 1.29 is 9.09 Å². The molecular formula is C14H32NO2P. The molecule has 0 spiro atoms. The molecule has 18 heavy (non-hydrogen) atoms. The number of hydrogen-bond acceptors (Lipinski definition) is 2. The Morgan fingerprint density at radius 2 is 1.72 bits per heavy atom. The molecule has 0 aromatic rings. The van der Waals surface area contributed by atoms with Crippen LogP contribution in [0.25, 0.3) is 0 Å². The van der Waals surface area contributed by atoms with E-state index in [9.17, 15) is 4.57 Å². The summed E-state index contributed by atoms with van der Waals surface area (Å²) in [7, 11) is -0.725. The third kappa shape index (κ3) is 13.8. The fourth-order valence-corrected chi connectivity index (χ4v) is 2.27. The molecular weight excluding hydrogens is 245 g/mol. The number of terminal acetylenes is 1. The van der Waals surface area contributed by atoms with Gasteiger partial charge in [-0.25, -0.2) is 4.67 Å². The summed E-state index contributed by atoms with van der Waals surface area (Å²) in [5.41, 5.74) is 0. The van der Waals surface area contributed by atoms with Crippen LogP contribution in [0.2, 0.25) is 0 Å². The molecule has 0 heterocycles. The lowest BCUT2D eigenvalue weighted by molar-refractivity contribution is 0.289. The minimum Gasteiger partial charge on any atom is -0.318 e. The van der Waals surface area contributed by atoms with Crippen LogP contribution >= 0.6 is 7.52 Å². The predicted molar refractivity (Wildman–Crippen MR) is 83.2 cm³/mol. The molecule has 0 aromatic heterocycles. The van der Waals surface area contributed by atoms with E-state index in [0.29, 0.717) is 6.61 Å². The third-order valence-electron chi connectivity index (χ3n) is 2.04. The largest absolute Gasteiger partial charge is 0.318 e. The molecule has 0 aliphatic heterocycles. The smallest absolute Gasteiger partial charge is 0.269 e. The van der Waals surface area contributed by atoms with E-state index in [1.165, 1.54) is 0 Å². The summed E-state index contributed by atoms with van der Waals surface area (Å²) in [6, 6.07) is 0. The minimum atomic E-state index is -2.55. The second kappa shape index (κ2) is 16.7. The molecule has 0 amide bonds. The number of hydrogen-bond donors (Lipinski definition) is 0. The Morgan fingerprint density at radius 1 is 1.22 bits per heavy atom. The average Bonchev–Trinajstić information content (AvgIpc) is 2.39. The molecule has 0 fully saturated rings. The highest BCUT2D eigenvalue weighted by molar-refractivity contribution is 7.55. The van der Waals surface area contributed by atoms with Gasteiger partial charge in [0.2, 0.25) is 0 Å². The van der Waals surface area contributed by atoms with Gasteiger partial charge in [-0.3, -0.25) is 4.57 Å². The van der Waals surface area contributed by atoms with Crippen molar-refractivity contribution in [2.75, 3.05) is 26.9 Å². The third-order valence-corrected chi connectivity index (χ3v) is 4.22. The zero-order valence-corrected chi connectivity index (χ0v) is 14.2. The van der Waals surface area contributed by atoms with Gasteiger partial charge in [0.1, 0.15) is 0 Å². The Morgan fingerprint density at radius 3 is 2.11 bits per heavy atom. The van der Waals surface area contributed by atoms with E-state index in [-0.39, 0.29) is 0 Å². The van der Waals surface area contributed by atoms with Gasteiger partial charge < -0.3 is 4.52 Å². The van der Waals surface area contributed by atoms with Gasteiger partial charge in [-0.05, 0) is 26.8 Å². The Kier molecular flexibility index (Phi) is 21.2. The van der Waals surface area contributed by atoms with E-state index in [1.807, 2.05) is 41.7 Å². The molecule has 110 valence electrons. The summed E-state index contributed by atoms with van der Waals surface area (Å²) in [6.07, 6.45) is 7.87. The molecule has 0 rings (SSSR count). The van der Waals surface area contributed by atoms with Gasteiger partial charge >= 0.3 is 0 Å². The SMILES string of the molecule is C#CCCCCN(C)P(C)(=O)OCC.CC.CC. The van der Waals surface area contributed by atoms with Crippen molar-refractivity contribution >= 4 is 7.52 Å². The highest BCUT2D eigenvalue weighted by atomic mass is 31.2. The van der Waals surface area contributed by atoms with Crippen molar-refractivity contribution in [1.29, 1.82) is 0 Å². The summed E-state index contributed by atoms with van der Waals surface area (Å²) in [4.78, 5) is 0. The molecule has 0 N–H and O–H groups in total. The van der Waals surface area contributed by atoms with Gasteiger partial charge in [0, 0.05) is 19.6 Å². The van der Waals surface area contributed by atoms with Crippen LogP contribution in [0.5, 0.6) is 0 Å². The summed E-state index contributed by atoms with van der Waals surface area (Å²) < 4.78 is 18.8. The van der Waals surface area contributed by atoms with E-state index >= 15 is 0 Å². The monoisotopic (exact) mass is 277 g/mol. The maximum absolute atomic E-state index is 11.8. The summed E-state index contributed by atoms with van der Waals surface area (Å²) in [6.45, 7) is 12.8. The fourth-order valence-electron chi connectivity index (χ4n) is 1.09. The quantitative estimate of drug-likeness (QED) is 0.386. The van der Waals surface area contributed by atoms with Gasteiger partial charge in [0.05, 0.1) is 6.61 Å². The zero-order valence-electron chi connectivity index (χ0n) is 13.3. The van der Waals surface area contributed by atoms with Gasteiger partial charge in [0.25, 0.3) is 7.52 Å². The maximum atomic E-state index is 11.8. The van der Waals surface area contributed by atoms with Gasteiger partial charge in [0.15, 0.2) is 0 Å². The molecule has 0 aliphatic rings. The molecule has 1 atom stereocenters. The van der Waals surface area contributed by atoms with Crippen LogP contribution in [0.4, 0.5) is 0 Å². The summed E-state index contributed by atoms with van der Waals surface area (Å²) in [5, 5.41) is 0. The van der Waals surface area contributed by atoms with Gasteiger partial charge in [-0.2, -0.15) is 0 Å². The normalized spacial score (nSPS) is 12.4. The van der Waals surface area contributed by atoms with E-state index in [0.717, 1.165) is 25.8 Å². The summed E-state index contributed by atoms with van der Waals surface area (Å²) >= 11 is 0. The van der Waals surface area contributed by atoms with Gasteiger partial charge in [-0.1, -0.05) is 27.7 Å². The van der Waals surface area contributed by atoms with Crippen LogP contribution in [-0.4, -0.2) is 31.5 Å². The molecule has 1 unspecified atom stereocenters. The second-order valence-corrected chi connectivity index (χ2v) is 5.81. The first-order valence-electron chi connectivity index (χ1n) is 6.91. The standard InChI is InChI=1S/C10H20NO2P.2C2H6/c1-5-7-8-9-10-11(3)14(4,12)13-6-2;2*1-2/h1H,6-10H2,2-4H3;2*1-2H3. The van der Waals surface area contributed by atoms with Crippen molar-refractivity contribution in [3.05, 3.63) is 0 Å². The molecule has 4 heteroatoms. The number of rotatable bonds is 7. The van der Waals surface area contributed by atoms with Crippen molar-refractivity contribution in [3.63, 3.8) is 0 Å². The first-order chi connectivity index (χ1) is 8.54. The first kappa shape index (κ1) is 22.9. The van der Waals surface area contributed by atoms with Crippen molar-refractivity contribution in [2.24, 2.45) is 0 Å². The van der Waals surface area contributed by atoms with Crippen LogP contribution in [-0.2, 0) is 9.09 Å². The lowest BCUT2D eigenvalue weighted by atomic mass is 10.2. The molecule has 0 saturated carbocycles. The van der Waals surface area contributed by atoms with Gasteiger partial charge in [-0.15, -0.1) is 12.3 Å². The second-order valence-electron chi connectivity index (χ2n) is 3.26. The molecule has 3 nitrogen and oxygen atoms in total. The Hall–Kier alpha value is -0.290. The molecule has 0 aromatic carbocycles. The predicted octanol–water partition coefficient (Wildman–Crippen LogP) is 4.63. The van der Waals surface area contributed by atoms with Crippen LogP contribution in [0, 0.1) is 12.3 Å². The number of nitrogens with zero attached hydrogens (tertiary/aromatic N) is 1. The summed E-state index contributed by atoms with van der Waals surface area (Å²) in [5.74, 6) is 2.59. The molecule has 0 radical (unpaired) electrons. The lowest BCUT2D eigenvalue weighted by Gasteiger charge is -2.23. The minimum absolute atomic E-state index is 0.489. The topological polar surface area (TPSA) is 29.5 Å². The van der Waals surface area contributed by atoms with E-state index in [1.54, 1.807) is 11.3 Å². The highest BCUT2D eigenvalue weighted by Gasteiger charge is 2.20. The Balaban J connectivity index is -0.000000506. The number of unbranched alkanes of at least 4 members (excludes halogenated alkanes) is 2. The van der Waals surface area contributed by atoms with E-state index in [4.69, 9.17) is 10.9 Å². The maximum Gasteiger partial charge on any atom is 0.269 e. The van der Waals surface area contributed by atoms with Crippen LogP contribution in [0.15, 0.2) is 0 Å². The first-order valence-corrected chi connectivity index (χ1v) is 8.94. The van der Waals surface area contributed by atoms with Crippen molar-refractivity contribution in [2.45, 2.75) is 53.9 Å². The van der Waals surface area contributed by atoms with E-state index in [2.05, 4.69) is 5.92 Å². The Labute approximate surface area is 115 Å². The molecule has 0 saturated heterocycles. The van der Waals surface area contributed by atoms with Crippen LogP contribution in [0.3, 0.4) is 0 Å². The highest BCUT2D eigenvalue weighted by Crippen LogP contribution is 2.45. The Bertz CT molecular complexity index is 236. The van der Waals surface area contributed by atoms with Crippen molar-refractivity contribution in [3.8, 4) is 12.3 Å². The van der Waals surface area contributed by atoms with Crippen LogP contribution < -0.4 is 0 Å². The zero-order chi connectivity index (χ0) is 15.0. The van der Waals surface area contributed by atoms with Crippen LogP contribution in [0.1, 0.15) is 53.9 Å². The molecule has 0 aliphatic carbocycles. The molecule has 0 bridgehead atoms. The van der Waals surface area contributed by atoms with E-state index < -0.39 is 7.52 Å². The lowest BCUT2D eigenvalue weighted by Crippen LogP contribution is -2.17. The average molecular weight is 277 g/mol. The van der Waals surface area contributed by atoms with Crippen molar-refractivity contribution in [1.82, 2.24) is 4.67 Å².